The molecule has 0 spiro atoms. The fourth-order valence-corrected chi connectivity index (χ4v) is 3.28. The first kappa shape index (κ1) is 24.7. The molecule has 180 valence electrons. The van der Waals surface area contributed by atoms with Crippen LogP contribution in [0.15, 0.2) is 36.4 Å². The van der Waals surface area contributed by atoms with Gasteiger partial charge in [-0.25, -0.2) is 9.59 Å². The molecular weight excluding hydrogens is 470 g/mol. The Kier molecular flexibility index (Phi) is 6.90. The number of carbonyl (C=O) groups excluding carboxylic acids is 2. The van der Waals surface area contributed by atoms with E-state index in [0.29, 0.717) is 22.1 Å². The third-order valence-electron chi connectivity index (χ3n) is 4.86. The summed E-state index contributed by atoms with van der Waals surface area (Å²) in [6.45, 7) is -0.493. The van der Waals surface area contributed by atoms with Crippen molar-refractivity contribution >= 4 is 17.8 Å². The SMILES string of the molecule is N#CCc1ccccc1CNC(=O)Oc1c(N2CCNC2=O)cc(C(F)(F)F)cc1C(F)(F)F. The molecule has 1 fully saturated rings. The van der Waals surface area contributed by atoms with Gasteiger partial charge in [-0.1, -0.05) is 24.3 Å². The lowest BCUT2D eigenvalue weighted by molar-refractivity contribution is -0.143. The van der Waals surface area contributed by atoms with E-state index in [4.69, 9.17) is 10.00 Å². The zero-order valence-electron chi connectivity index (χ0n) is 17.2. The highest BCUT2D eigenvalue weighted by Gasteiger charge is 2.43. The van der Waals surface area contributed by atoms with Gasteiger partial charge in [-0.2, -0.15) is 31.6 Å². The summed E-state index contributed by atoms with van der Waals surface area (Å²) in [4.78, 5) is 25.0. The van der Waals surface area contributed by atoms with Crippen molar-refractivity contribution in [1.29, 1.82) is 5.26 Å². The minimum atomic E-state index is -5.33. The minimum Gasteiger partial charge on any atom is -0.407 e. The highest BCUT2D eigenvalue weighted by Crippen LogP contribution is 2.46. The summed E-state index contributed by atoms with van der Waals surface area (Å²) in [5.41, 5.74) is -3.32. The number of nitrogens with zero attached hydrogens (tertiary/aromatic N) is 2. The van der Waals surface area contributed by atoms with E-state index >= 15 is 0 Å². The topological polar surface area (TPSA) is 94.5 Å². The van der Waals surface area contributed by atoms with E-state index in [2.05, 4.69) is 10.6 Å². The molecule has 0 bridgehead atoms. The molecule has 3 amide bonds. The molecule has 0 radical (unpaired) electrons. The number of rotatable bonds is 5. The predicted octanol–water partition coefficient (Wildman–Crippen LogP) is 4.61. The maximum Gasteiger partial charge on any atom is 0.420 e. The summed E-state index contributed by atoms with van der Waals surface area (Å²) in [5.74, 6) is -1.24. The van der Waals surface area contributed by atoms with Crippen molar-refractivity contribution in [2.45, 2.75) is 25.3 Å². The van der Waals surface area contributed by atoms with E-state index in [1.807, 2.05) is 6.07 Å². The van der Waals surface area contributed by atoms with E-state index in [1.54, 1.807) is 24.3 Å². The Morgan fingerprint density at radius 2 is 1.79 bits per heavy atom. The summed E-state index contributed by atoms with van der Waals surface area (Å²) in [5, 5.41) is 13.4. The minimum absolute atomic E-state index is 0.0121. The Balaban J connectivity index is 1.98. The summed E-state index contributed by atoms with van der Waals surface area (Å²) in [6.07, 6.45) is -11.9. The van der Waals surface area contributed by atoms with Gasteiger partial charge in [-0.3, -0.25) is 4.90 Å². The normalized spacial score (nSPS) is 13.9. The zero-order chi connectivity index (χ0) is 25.1. The number of anilines is 1. The number of amides is 3. The van der Waals surface area contributed by atoms with Crippen LogP contribution in [0.1, 0.15) is 22.3 Å². The lowest BCUT2D eigenvalue weighted by atomic mass is 10.1. The second-order valence-electron chi connectivity index (χ2n) is 7.10. The number of halogens is 6. The largest absolute Gasteiger partial charge is 0.420 e. The Hall–Kier alpha value is -3.95. The first-order chi connectivity index (χ1) is 15.9. The summed E-state index contributed by atoms with van der Waals surface area (Å²) in [7, 11) is 0. The molecular formula is C21H16F6N4O3. The van der Waals surface area contributed by atoms with Crippen LogP contribution >= 0.6 is 0 Å². The third-order valence-corrected chi connectivity index (χ3v) is 4.86. The number of nitrogens with one attached hydrogen (secondary N) is 2. The Morgan fingerprint density at radius 3 is 2.35 bits per heavy atom. The molecule has 3 rings (SSSR count). The van der Waals surface area contributed by atoms with Gasteiger partial charge in [0.05, 0.1) is 23.7 Å². The molecule has 0 saturated carbocycles. The van der Waals surface area contributed by atoms with Crippen LogP contribution in [0, 0.1) is 11.3 Å². The fraction of sp³-hybridized carbons (Fsp3) is 0.286. The van der Waals surface area contributed by atoms with Gasteiger partial charge < -0.3 is 15.4 Å². The Morgan fingerprint density at radius 1 is 1.12 bits per heavy atom. The number of alkyl halides is 6. The van der Waals surface area contributed by atoms with Gasteiger partial charge in [0.1, 0.15) is 5.56 Å². The molecule has 2 aromatic carbocycles. The molecule has 7 nitrogen and oxygen atoms in total. The molecule has 2 aromatic rings. The molecule has 1 aliphatic rings. The van der Waals surface area contributed by atoms with Crippen LogP contribution in [-0.2, 0) is 25.3 Å². The van der Waals surface area contributed by atoms with Crippen LogP contribution < -0.4 is 20.3 Å². The zero-order valence-corrected chi connectivity index (χ0v) is 17.2. The maximum atomic E-state index is 13.7. The molecule has 2 N–H and O–H groups in total. The smallest absolute Gasteiger partial charge is 0.407 e. The molecule has 1 heterocycles. The average Bonchev–Trinajstić information content (AvgIpc) is 3.17. The number of carbonyl (C=O) groups is 2. The highest BCUT2D eigenvalue weighted by molar-refractivity contribution is 5.96. The quantitative estimate of drug-likeness (QED) is 0.604. The average molecular weight is 486 g/mol. The van der Waals surface area contributed by atoms with E-state index in [-0.39, 0.29) is 32.1 Å². The first-order valence-corrected chi connectivity index (χ1v) is 9.69. The molecule has 0 aromatic heterocycles. The number of hydrogen-bond donors (Lipinski definition) is 2. The van der Waals surface area contributed by atoms with E-state index in [9.17, 15) is 35.9 Å². The van der Waals surface area contributed by atoms with E-state index in [1.165, 1.54) is 0 Å². The first-order valence-electron chi connectivity index (χ1n) is 9.69. The van der Waals surface area contributed by atoms with Crippen LogP contribution in [0.5, 0.6) is 5.75 Å². The summed E-state index contributed by atoms with van der Waals surface area (Å²) in [6, 6.07) is 7.60. The lowest BCUT2D eigenvalue weighted by Gasteiger charge is -2.23. The standard InChI is InChI=1S/C21H16F6N4O3/c22-20(23,24)14-9-15(21(25,26)27)17(16(10-14)31-8-7-29-18(31)32)34-19(33)30-11-13-4-2-1-3-12(13)5-6-28/h1-4,9-10H,5,7-8,11H2,(H,29,32)(H,30,33). The number of nitriles is 1. The van der Waals surface area contributed by atoms with Crippen molar-refractivity contribution in [3.63, 3.8) is 0 Å². The van der Waals surface area contributed by atoms with Crippen LogP contribution in [0.3, 0.4) is 0 Å². The molecule has 13 heteroatoms. The van der Waals surface area contributed by atoms with Crippen molar-refractivity contribution < 1.29 is 40.7 Å². The molecule has 1 saturated heterocycles. The van der Waals surface area contributed by atoms with Crippen molar-refractivity contribution in [3.8, 4) is 11.8 Å². The van der Waals surface area contributed by atoms with E-state index in [0.717, 1.165) is 0 Å². The van der Waals surface area contributed by atoms with Gasteiger partial charge in [-0.05, 0) is 23.3 Å². The third kappa shape index (κ3) is 5.51. The van der Waals surface area contributed by atoms with E-state index < -0.39 is 47.0 Å². The van der Waals surface area contributed by atoms with Gasteiger partial charge in [0.15, 0.2) is 5.75 Å². The summed E-state index contributed by atoms with van der Waals surface area (Å²) >= 11 is 0. The van der Waals surface area contributed by atoms with Crippen molar-refractivity contribution in [1.82, 2.24) is 10.6 Å². The van der Waals surface area contributed by atoms with Crippen LogP contribution in [0.2, 0.25) is 0 Å². The number of ether oxygens (including phenoxy) is 1. The molecule has 0 aliphatic carbocycles. The van der Waals surface area contributed by atoms with Crippen LogP contribution in [0.4, 0.5) is 41.6 Å². The molecule has 34 heavy (non-hydrogen) atoms. The molecule has 1 aliphatic heterocycles. The van der Waals surface area contributed by atoms with Crippen molar-refractivity contribution in [2.75, 3.05) is 18.0 Å². The second kappa shape index (κ2) is 9.50. The van der Waals surface area contributed by atoms with Gasteiger partial charge in [0.2, 0.25) is 0 Å². The molecule has 0 unspecified atom stereocenters. The van der Waals surface area contributed by atoms with Crippen LogP contribution in [0.25, 0.3) is 0 Å². The van der Waals surface area contributed by atoms with Crippen molar-refractivity contribution in [3.05, 3.63) is 58.7 Å². The van der Waals surface area contributed by atoms with Gasteiger partial charge in [-0.15, -0.1) is 0 Å². The number of urea groups is 1. The monoisotopic (exact) mass is 486 g/mol. The predicted molar refractivity (Wildman–Crippen MR) is 106 cm³/mol. The van der Waals surface area contributed by atoms with Gasteiger partial charge in [0, 0.05) is 19.6 Å². The molecule has 0 atom stereocenters. The Bertz CT molecular complexity index is 1140. The fourth-order valence-electron chi connectivity index (χ4n) is 3.28. The van der Waals surface area contributed by atoms with Crippen molar-refractivity contribution in [2.24, 2.45) is 0 Å². The number of hydrogen-bond acceptors (Lipinski definition) is 4. The maximum absolute atomic E-state index is 13.7. The second-order valence-corrected chi connectivity index (χ2v) is 7.10. The summed E-state index contributed by atoms with van der Waals surface area (Å²) < 4.78 is 85.8. The highest BCUT2D eigenvalue weighted by atomic mass is 19.4. The number of benzene rings is 2. The van der Waals surface area contributed by atoms with Gasteiger partial charge in [0.25, 0.3) is 0 Å². The van der Waals surface area contributed by atoms with Crippen LogP contribution in [-0.4, -0.2) is 25.2 Å². The Labute approximate surface area is 188 Å². The lowest BCUT2D eigenvalue weighted by Crippen LogP contribution is -2.32. The van der Waals surface area contributed by atoms with Gasteiger partial charge >= 0.3 is 24.5 Å².